The summed E-state index contributed by atoms with van der Waals surface area (Å²) in [6.07, 6.45) is 5.11. The average molecular weight is 220 g/mol. The molecule has 1 aliphatic carbocycles. The Morgan fingerprint density at radius 3 is 2.81 bits per heavy atom. The number of likely N-dealkylation sites (tertiary alicyclic amines) is 1. The third-order valence-electron chi connectivity index (χ3n) is 3.96. The Hall–Kier alpha value is -1.04. The molecule has 0 aromatic heterocycles. The first kappa shape index (κ1) is 11.4. The van der Waals surface area contributed by atoms with Gasteiger partial charge in [0.2, 0.25) is 5.91 Å². The molecule has 1 heterocycles. The van der Waals surface area contributed by atoms with Crippen LogP contribution in [-0.4, -0.2) is 23.4 Å². The van der Waals surface area contributed by atoms with Crippen LogP contribution in [0.1, 0.15) is 46.0 Å². The molecule has 0 aromatic rings. The van der Waals surface area contributed by atoms with Crippen molar-refractivity contribution in [2.75, 3.05) is 6.54 Å². The lowest BCUT2D eigenvalue weighted by Crippen LogP contribution is -2.41. The summed E-state index contributed by atoms with van der Waals surface area (Å²) in [6, 6.07) is 2.61. The molecule has 0 aromatic carbocycles. The predicted molar refractivity (Wildman–Crippen MR) is 61.5 cm³/mol. The number of carbonyl (C=O) groups excluding carboxylic acids is 1. The first-order valence-corrected chi connectivity index (χ1v) is 6.21. The zero-order valence-corrected chi connectivity index (χ0v) is 10.2. The Bertz CT molecular complexity index is 329. The Balaban J connectivity index is 2.03. The minimum absolute atomic E-state index is 0.0717. The van der Waals surface area contributed by atoms with Gasteiger partial charge in [0.05, 0.1) is 12.0 Å². The van der Waals surface area contributed by atoms with E-state index in [-0.39, 0.29) is 11.8 Å². The smallest absolute Gasteiger partial charge is 0.224 e. The van der Waals surface area contributed by atoms with Crippen LogP contribution in [0.15, 0.2) is 0 Å². The highest BCUT2D eigenvalue weighted by molar-refractivity contribution is 5.79. The Kier molecular flexibility index (Phi) is 2.92. The fourth-order valence-corrected chi connectivity index (χ4v) is 3.10. The van der Waals surface area contributed by atoms with Gasteiger partial charge in [-0.25, -0.2) is 0 Å². The largest absolute Gasteiger partial charge is 0.338 e. The van der Waals surface area contributed by atoms with Crippen molar-refractivity contribution in [2.45, 2.75) is 52.0 Å². The minimum atomic E-state index is -0.0717. The molecule has 2 unspecified atom stereocenters. The van der Waals surface area contributed by atoms with Gasteiger partial charge in [0, 0.05) is 19.0 Å². The lowest BCUT2D eigenvalue weighted by Gasteiger charge is -2.39. The van der Waals surface area contributed by atoms with E-state index >= 15 is 0 Å². The molecule has 88 valence electrons. The van der Waals surface area contributed by atoms with Crippen molar-refractivity contribution in [1.29, 1.82) is 5.26 Å². The molecule has 0 spiro atoms. The van der Waals surface area contributed by atoms with Gasteiger partial charge in [-0.15, -0.1) is 0 Å². The zero-order chi connectivity index (χ0) is 11.8. The first-order chi connectivity index (χ1) is 7.52. The van der Waals surface area contributed by atoms with E-state index in [0.29, 0.717) is 24.4 Å². The van der Waals surface area contributed by atoms with E-state index in [0.717, 1.165) is 12.8 Å². The Morgan fingerprint density at radius 2 is 2.25 bits per heavy atom. The predicted octanol–water partition coefficient (Wildman–Crippen LogP) is 2.33. The van der Waals surface area contributed by atoms with Crippen molar-refractivity contribution in [1.82, 2.24) is 4.90 Å². The van der Waals surface area contributed by atoms with Gasteiger partial charge in [-0.2, -0.15) is 5.26 Å². The third kappa shape index (κ3) is 2.21. The van der Waals surface area contributed by atoms with Gasteiger partial charge in [-0.05, 0) is 24.7 Å². The maximum atomic E-state index is 11.8. The van der Waals surface area contributed by atoms with Crippen molar-refractivity contribution in [3.8, 4) is 6.07 Å². The molecule has 3 nitrogen and oxygen atoms in total. The first-order valence-electron chi connectivity index (χ1n) is 6.21. The van der Waals surface area contributed by atoms with Gasteiger partial charge in [-0.3, -0.25) is 4.79 Å². The molecule has 2 fully saturated rings. The molecule has 3 heteroatoms. The maximum Gasteiger partial charge on any atom is 0.224 e. The van der Waals surface area contributed by atoms with Crippen molar-refractivity contribution in [2.24, 2.45) is 11.3 Å². The third-order valence-corrected chi connectivity index (χ3v) is 3.96. The molecular formula is C13H20N2O. The van der Waals surface area contributed by atoms with Crippen LogP contribution in [0.3, 0.4) is 0 Å². The SMILES string of the molecule is CC1(C)CCCC(N2CC(C#N)CC2=O)C1. The monoisotopic (exact) mass is 220 g/mol. The summed E-state index contributed by atoms with van der Waals surface area (Å²) in [7, 11) is 0. The second-order valence-corrected chi connectivity index (χ2v) is 5.99. The fourth-order valence-electron chi connectivity index (χ4n) is 3.10. The molecule has 2 aliphatic rings. The van der Waals surface area contributed by atoms with E-state index in [1.54, 1.807) is 0 Å². The summed E-state index contributed by atoms with van der Waals surface area (Å²) in [6.45, 7) is 5.22. The summed E-state index contributed by atoms with van der Waals surface area (Å²) in [5.41, 5.74) is 0.355. The number of nitriles is 1. The molecule has 0 radical (unpaired) electrons. The molecule has 1 saturated carbocycles. The summed E-state index contributed by atoms with van der Waals surface area (Å²) in [5, 5.41) is 8.87. The van der Waals surface area contributed by atoms with Crippen molar-refractivity contribution in [3.05, 3.63) is 0 Å². The molecule has 0 bridgehead atoms. The standard InChI is InChI=1S/C13H20N2O/c1-13(2)5-3-4-11(7-13)15-9-10(8-14)6-12(15)16/h10-11H,3-7,9H2,1-2H3. The van der Waals surface area contributed by atoms with Crippen LogP contribution < -0.4 is 0 Å². The topological polar surface area (TPSA) is 44.1 Å². The van der Waals surface area contributed by atoms with Crippen molar-refractivity contribution >= 4 is 5.91 Å². The molecule has 1 aliphatic heterocycles. The number of amides is 1. The summed E-state index contributed by atoms with van der Waals surface area (Å²) in [4.78, 5) is 13.8. The van der Waals surface area contributed by atoms with Crippen LogP contribution in [0.4, 0.5) is 0 Å². The van der Waals surface area contributed by atoms with Gasteiger partial charge in [0.1, 0.15) is 0 Å². The minimum Gasteiger partial charge on any atom is -0.338 e. The molecule has 2 atom stereocenters. The molecule has 0 N–H and O–H groups in total. The number of hydrogen-bond acceptors (Lipinski definition) is 2. The van der Waals surface area contributed by atoms with Crippen LogP contribution >= 0.6 is 0 Å². The second kappa shape index (κ2) is 4.08. The second-order valence-electron chi connectivity index (χ2n) is 5.99. The van der Waals surface area contributed by atoms with E-state index < -0.39 is 0 Å². The number of nitrogens with zero attached hydrogens (tertiary/aromatic N) is 2. The molecule has 1 saturated heterocycles. The maximum absolute atomic E-state index is 11.8. The van der Waals surface area contributed by atoms with Crippen LogP contribution in [0.25, 0.3) is 0 Å². The Labute approximate surface area is 97.4 Å². The highest BCUT2D eigenvalue weighted by Crippen LogP contribution is 2.38. The van der Waals surface area contributed by atoms with E-state index in [4.69, 9.17) is 5.26 Å². The normalized spacial score (nSPS) is 33.8. The van der Waals surface area contributed by atoms with E-state index in [1.807, 2.05) is 4.90 Å². The average Bonchev–Trinajstić information content (AvgIpc) is 2.58. The van der Waals surface area contributed by atoms with E-state index in [9.17, 15) is 4.79 Å². The lowest BCUT2D eigenvalue weighted by atomic mass is 9.75. The summed E-state index contributed by atoms with van der Waals surface area (Å²) >= 11 is 0. The van der Waals surface area contributed by atoms with Crippen LogP contribution in [-0.2, 0) is 4.79 Å². The molecule has 1 amide bonds. The molecule has 2 rings (SSSR count). The van der Waals surface area contributed by atoms with E-state index in [1.165, 1.54) is 12.8 Å². The lowest BCUT2D eigenvalue weighted by molar-refractivity contribution is -0.130. The van der Waals surface area contributed by atoms with Gasteiger partial charge < -0.3 is 4.90 Å². The number of carbonyl (C=O) groups is 1. The molecular weight excluding hydrogens is 200 g/mol. The fraction of sp³-hybridized carbons (Fsp3) is 0.846. The van der Waals surface area contributed by atoms with Crippen LogP contribution in [0.2, 0.25) is 0 Å². The zero-order valence-electron chi connectivity index (χ0n) is 10.2. The quantitative estimate of drug-likeness (QED) is 0.680. The molecule has 16 heavy (non-hydrogen) atoms. The number of rotatable bonds is 1. The van der Waals surface area contributed by atoms with E-state index in [2.05, 4.69) is 19.9 Å². The van der Waals surface area contributed by atoms with Gasteiger partial charge in [0.25, 0.3) is 0 Å². The van der Waals surface area contributed by atoms with Gasteiger partial charge in [-0.1, -0.05) is 20.3 Å². The van der Waals surface area contributed by atoms with Crippen molar-refractivity contribution < 1.29 is 4.79 Å². The van der Waals surface area contributed by atoms with Gasteiger partial charge >= 0.3 is 0 Å². The Morgan fingerprint density at radius 1 is 1.50 bits per heavy atom. The number of hydrogen-bond donors (Lipinski definition) is 0. The summed E-state index contributed by atoms with van der Waals surface area (Å²) in [5.74, 6) is 0.117. The van der Waals surface area contributed by atoms with Crippen LogP contribution in [0, 0.1) is 22.7 Å². The highest BCUT2D eigenvalue weighted by atomic mass is 16.2. The highest BCUT2D eigenvalue weighted by Gasteiger charge is 2.38. The van der Waals surface area contributed by atoms with Crippen molar-refractivity contribution in [3.63, 3.8) is 0 Å². The summed E-state index contributed by atoms with van der Waals surface area (Å²) < 4.78 is 0. The van der Waals surface area contributed by atoms with Gasteiger partial charge in [0.15, 0.2) is 0 Å². The van der Waals surface area contributed by atoms with Crippen LogP contribution in [0.5, 0.6) is 0 Å².